The van der Waals surface area contributed by atoms with Gasteiger partial charge in [0.05, 0.1) is 0 Å². The van der Waals surface area contributed by atoms with Crippen LogP contribution in [0.3, 0.4) is 0 Å². The van der Waals surface area contributed by atoms with Crippen LogP contribution in [0.1, 0.15) is 18.9 Å². The highest BCUT2D eigenvalue weighted by Crippen LogP contribution is 2.14. The number of aryl methyl sites for hydroxylation is 1. The van der Waals surface area contributed by atoms with E-state index in [4.69, 9.17) is 0 Å². The Bertz CT molecular complexity index is 641. The molecule has 0 spiro atoms. The van der Waals surface area contributed by atoms with Crippen LogP contribution < -0.4 is 0 Å². The summed E-state index contributed by atoms with van der Waals surface area (Å²) in [6.07, 6.45) is 4.54. The third-order valence-electron chi connectivity index (χ3n) is 3.30. The molecule has 0 atom stereocenters. The van der Waals surface area contributed by atoms with Gasteiger partial charge in [-0.2, -0.15) is 0 Å². The maximum atomic E-state index is 12.3. The van der Waals surface area contributed by atoms with Crippen molar-refractivity contribution in [3.05, 3.63) is 42.0 Å². The highest BCUT2D eigenvalue weighted by atomic mass is 32.2. The van der Waals surface area contributed by atoms with Gasteiger partial charge < -0.3 is 4.90 Å². The van der Waals surface area contributed by atoms with Crippen LogP contribution in [-0.2, 0) is 11.8 Å². The molecule has 1 aromatic carbocycles. The van der Waals surface area contributed by atoms with E-state index in [0.717, 1.165) is 10.7 Å². The van der Waals surface area contributed by atoms with Crippen molar-refractivity contribution in [1.29, 1.82) is 0 Å². The number of amides is 1. The van der Waals surface area contributed by atoms with Crippen LogP contribution in [0.5, 0.6) is 0 Å². The van der Waals surface area contributed by atoms with Crippen molar-refractivity contribution in [3.8, 4) is 0 Å². The van der Waals surface area contributed by atoms with Crippen LogP contribution in [0, 0.1) is 0 Å². The van der Waals surface area contributed by atoms with E-state index in [1.165, 1.54) is 11.8 Å². The lowest BCUT2D eigenvalue weighted by Gasteiger charge is -2.18. The number of hydrogen-bond acceptors (Lipinski definition) is 5. The van der Waals surface area contributed by atoms with Gasteiger partial charge in [-0.1, -0.05) is 54.2 Å². The Balaban J connectivity index is 1.77. The van der Waals surface area contributed by atoms with Gasteiger partial charge >= 0.3 is 0 Å². The predicted octanol–water partition coefficient (Wildman–Crippen LogP) is 2.25. The molecule has 1 aromatic heterocycles. The first kappa shape index (κ1) is 17.2. The van der Waals surface area contributed by atoms with Crippen LogP contribution in [0.15, 0.2) is 41.6 Å². The lowest BCUT2D eigenvalue weighted by Crippen LogP contribution is -2.31. The summed E-state index contributed by atoms with van der Waals surface area (Å²) in [5, 5.41) is 12.0. The SMILES string of the molecule is CCN(CC=Cc1ccccc1)C(=O)CCSc1nnnn1C. The largest absolute Gasteiger partial charge is 0.339 e. The maximum absolute atomic E-state index is 12.3. The highest BCUT2D eigenvalue weighted by molar-refractivity contribution is 7.99. The van der Waals surface area contributed by atoms with Crippen molar-refractivity contribution in [2.75, 3.05) is 18.8 Å². The van der Waals surface area contributed by atoms with Crippen molar-refractivity contribution in [2.24, 2.45) is 7.05 Å². The molecule has 0 unspecified atom stereocenters. The smallest absolute Gasteiger partial charge is 0.223 e. The molecule has 2 aromatic rings. The second-order valence-corrected chi connectivity index (χ2v) is 5.99. The van der Waals surface area contributed by atoms with Crippen molar-refractivity contribution in [2.45, 2.75) is 18.5 Å². The van der Waals surface area contributed by atoms with E-state index in [-0.39, 0.29) is 5.91 Å². The Morgan fingerprint density at radius 2 is 2.13 bits per heavy atom. The first-order valence-electron chi connectivity index (χ1n) is 7.55. The Hall–Kier alpha value is -2.15. The van der Waals surface area contributed by atoms with Gasteiger partial charge in [0.2, 0.25) is 11.1 Å². The van der Waals surface area contributed by atoms with Crippen LogP contribution in [0.2, 0.25) is 0 Å². The number of carbonyl (C=O) groups excluding carboxylic acids is 1. The fourth-order valence-corrected chi connectivity index (χ4v) is 2.80. The summed E-state index contributed by atoms with van der Waals surface area (Å²) in [6, 6.07) is 10.1. The fraction of sp³-hybridized carbons (Fsp3) is 0.375. The zero-order valence-electron chi connectivity index (χ0n) is 13.4. The number of benzene rings is 1. The quantitative estimate of drug-likeness (QED) is 0.694. The minimum atomic E-state index is 0.146. The molecule has 0 radical (unpaired) electrons. The zero-order chi connectivity index (χ0) is 16.5. The van der Waals surface area contributed by atoms with Gasteiger partial charge in [0.25, 0.3) is 0 Å². The lowest BCUT2D eigenvalue weighted by molar-refractivity contribution is -0.130. The molecule has 23 heavy (non-hydrogen) atoms. The number of nitrogens with zero attached hydrogens (tertiary/aromatic N) is 5. The number of likely N-dealkylation sites (N-methyl/N-ethyl adjacent to an activating group) is 1. The molecular weight excluding hydrogens is 310 g/mol. The number of thioether (sulfide) groups is 1. The summed E-state index contributed by atoms with van der Waals surface area (Å²) in [4.78, 5) is 14.1. The Labute approximate surface area is 140 Å². The summed E-state index contributed by atoms with van der Waals surface area (Å²) in [6.45, 7) is 3.32. The minimum absolute atomic E-state index is 0.146. The molecule has 0 aliphatic heterocycles. The Kier molecular flexibility index (Phi) is 6.80. The molecule has 0 aliphatic rings. The van der Waals surface area contributed by atoms with Crippen molar-refractivity contribution in [1.82, 2.24) is 25.1 Å². The molecular formula is C16H21N5OS. The standard InChI is InChI=1S/C16H21N5OS/c1-3-21(12-7-10-14-8-5-4-6-9-14)15(22)11-13-23-16-17-18-19-20(16)2/h4-10H,3,11-13H2,1-2H3. The Morgan fingerprint density at radius 3 is 2.78 bits per heavy atom. The molecule has 2 rings (SSSR count). The molecule has 0 aliphatic carbocycles. The van der Waals surface area contributed by atoms with Crippen LogP contribution in [-0.4, -0.2) is 49.9 Å². The second-order valence-electron chi connectivity index (χ2n) is 4.93. The molecule has 7 heteroatoms. The molecule has 0 saturated heterocycles. The monoisotopic (exact) mass is 331 g/mol. The maximum Gasteiger partial charge on any atom is 0.223 e. The van der Waals surface area contributed by atoms with E-state index in [9.17, 15) is 4.79 Å². The average molecular weight is 331 g/mol. The molecule has 0 saturated carbocycles. The molecule has 1 heterocycles. The number of hydrogen-bond donors (Lipinski definition) is 0. The zero-order valence-corrected chi connectivity index (χ0v) is 14.2. The number of carbonyl (C=O) groups is 1. The van der Waals surface area contributed by atoms with Gasteiger partial charge in [-0.15, -0.1) is 5.10 Å². The van der Waals surface area contributed by atoms with Gasteiger partial charge in [-0.3, -0.25) is 4.79 Å². The molecule has 122 valence electrons. The first-order chi connectivity index (χ1) is 11.2. The third kappa shape index (κ3) is 5.52. The average Bonchev–Trinajstić information content (AvgIpc) is 2.98. The van der Waals surface area contributed by atoms with Gasteiger partial charge in [0, 0.05) is 32.3 Å². The Morgan fingerprint density at radius 1 is 1.35 bits per heavy atom. The van der Waals surface area contributed by atoms with Gasteiger partial charge in [-0.05, 0) is 22.9 Å². The van der Waals surface area contributed by atoms with Gasteiger partial charge in [0.15, 0.2) is 0 Å². The third-order valence-corrected chi connectivity index (χ3v) is 4.31. The minimum Gasteiger partial charge on any atom is -0.339 e. The molecule has 0 fully saturated rings. The van der Waals surface area contributed by atoms with E-state index in [1.807, 2.05) is 54.3 Å². The summed E-state index contributed by atoms with van der Waals surface area (Å²) in [7, 11) is 1.79. The fourth-order valence-electron chi connectivity index (χ4n) is 2.02. The van der Waals surface area contributed by atoms with E-state index in [1.54, 1.807) is 11.7 Å². The summed E-state index contributed by atoms with van der Waals surface area (Å²) in [5.74, 6) is 0.819. The van der Waals surface area contributed by atoms with Gasteiger partial charge in [-0.25, -0.2) is 4.68 Å². The van der Waals surface area contributed by atoms with Crippen LogP contribution in [0.4, 0.5) is 0 Å². The van der Waals surface area contributed by atoms with E-state index in [0.29, 0.717) is 25.3 Å². The van der Waals surface area contributed by atoms with Crippen molar-refractivity contribution < 1.29 is 4.79 Å². The van der Waals surface area contributed by atoms with Crippen LogP contribution >= 0.6 is 11.8 Å². The molecule has 0 bridgehead atoms. The molecule has 6 nitrogen and oxygen atoms in total. The summed E-state index contributed by atoms with van der Waals surface area (Å²) >= 11 is 1.49. The van der Waals surface area contributed by atoms with Crippen molar-refractivity contribution in [3.63, 3.8) is 0 Å². The van der Waals surface area contributed by atoms with Crippen molar-refractivity contribution >= 4 is 23.7 Å². The molecule has 0 N–H and O–H groups in total. The summed E-state index contributed by atoms with van der Waals surface area (Å²) in [5.41, 5.74) is 1.14. The highest BCUT2D eigenvalue weighted by Gasteiger charge is 2.11. The number of aromatic nitrogens is 4. The number of rotatable bonds is 8. The summed E-state index contributed by atoms with van der Waals surface area (Å²) < 4.78 is 1.61. The first-order valence-corrected chi connectivity index (χ1v) is 8.53. The van der Waals surface area contributed by atoms with E-state index < -0.39 is 0 Å². The van der Waals surface area contributed by atoms with Crippen LogP contribution in [0.25, 0.3) is 6.08 Å². The van der Waals surface area contributed by atoms with Gasteiger partial charge in [0.1, 0.15) is 0 Å². The van der Waals surface area contributed by atoms with E-state index in [2.05, 4.69) is 15.5 Å². The normalized spacial score (nSPS) is 11.0. The molecule has 1 amide bonds. The van der Waals surface area contributed by atoms with E-state index >= 15 is 0 Å². The topological polar surface area (TPSA) is 63.9 Å². The lowest BCUT2D eigenvalue weighted by atomic mass is 10.2. The predicted molar refractivity (Wildman–Crippen MR) is 91.9 cm³/mol. The second kappa shape index (κ2) is 9.09. The number of tetrazole rings is 1.